The SMILES string of the molecule is Cc1cn(C2C[C@H](C[P+](=O)OCCC#N)[C@@H](C)O2)c(=O)nc1N=C1CCCN1C. The first kappa shape index (κ1) is 21.6. The third-order valence-corrected chi connectivity index (χ3v) is 6.60. The van der Waals surface area contributed by atoms with Crippen molar-refractivity contribution >= 4 is 19.7 Å². The van der Waals surface area contributed by atoms with Crippen molar-refractivity contribution in [3.8, 4) is 6.07 Å². The Hall–Kier alpha value is -2.14. The zero-order chi connectivity index (χ0) is 21.0. The van der Waals surface area contributed by atoms with Crippen LogP contribution in [0, 0.1) is 24.2 Å². The molecule has 1 aromatic heterocycles. The Morgan fingerprint density at radius 3 is 3.00 bits per heavy atom. The van der Waals surface area contributed by atoms with E-state index in [0.717, 1.165) is 30.8 Å². The lowest BCUT2D eigenvalue weighted by Crippen LogP contribution is -2.27. The highest BCUT2D eigenvalue weighted by atomic mass is 31.1. The van der Waals surface area contributed by atoms with Gasteiger partial charge in [-0.05, 0) is 24.8 Å². The third-order valence-electron chi connectivity index (χ3n) is 5.36. The molecular formula is C19H27N5O4P+. The number of nitriles is 1. The van der Waals surface area contributed by atoms with Gasteiger partial charge in [0.25, 0.3) is 0 Å². The predicted octanol–water partition coefficient (Wildman–Crippen LogP) is 2.90. The van der Waals surface area contributed by atoms with Crippen LogP contribution in [0.15, 0.2) is 16.0 Å². The van der Waals surface area contributed by atoms with Gasteiger partial charge in [-0.25, -0.2) is 9.79 Å². The van der Waals surface area contributed by atoms with Gasteiger partial charge < -0.3 is 9.64 Å². The lowest BCUT2D eigenvalue weighted by Gasteiger charge is -2.15. The van der Waals surface area contributed by atoms with E-state index in [-0.39, 0.29) is 25.0 Å². The van der Waals surface area contributed by atoms with Crippen LogP contribution in [-0.4, -0.2) is 52.8 Å². The van der Waals surface area contributed by atoms with Gasteiger partial charge in [-0.1, -0.05) is 0 Å². The van der Waals surface area contributed by atoms with Crippen molar-refractivity contribution in [2.75, 3.05) is 26.4 Å². The summed E-state index contributed by atoms with van der Waals surface area (Å²) in [5, 5.41) is 8.53. The van der Waals surface area contributed by atoms with Crippen LogP contribution in [0.4, 0.5) is 5.82 Å². The largest absolute Gasteiger partial charge is 0.508 e. The highest BCUT2D eigenvalue weighted by Gasteiger charge is 2.39. The first-order chi connectivity index (χ1) is 13.9. The summed E-state index contributed by atoms with van der Waals surface area (Å²) in [6.45, 7) is 4.92. The summed E-state index contributed by atoms with van der Waals surface area (Å²) in [6.07, 6.45) is 4.20. The molecule has 0 aliphatic carbocycles. The van der Waals surface area contributed by atoms with E-state index in [2.05, 4.69) is 14.9 Å². The van der Waals surface area contributed by atoms with Crippen molar-refractivity contribution < 1.29 is 13.8 Å². The maximum Gasteiger partial charge on any atom is 0.508 e. The number of aryl methyl sites for hydroxylation is 1. The molecule has 2 aliphatic heterocycles. The summed E-state index contributed by atoms with van der Waals surface area (Å²) in [6, 6.07) is 1.96. The molecule has 4 atom stereocenters. The molecular weight excluding hydrogens is 393 g/mol. The van der Waals surface area contributed by atoms with Crippen LogP contribution in [0.2, 0.25) is 0 Å². The minimum atomic E-state index is -1.86. The van der Waals surface area contributed by atoms with Gasteiger partial charge >= 0.3 is 13.7 Å². The quantitative estimate of drug-likeness (QED) is 0.493. The molecule has 2 fully saturated rings. The molecule has 3 rings (SSSR count). The Morgan fingerprint density at radius 2 is 2.31 bits per heavy atom. The number of hydrogen-bond donors (Lipinski definition) is 0. The number of aliphatic imine (C=N–C) groups is 1. The van der Waals surface area contributed by atoms with Crippen LogP contribution in [0.5, 0.6) is 0 Å². The van der Waals surface area contributed by atoms with Crippen molar-refractivity contribution in [2.45, 2.75) is 51.9 Å². The zero-order valence-corrected chi connectivity index (χ0v) is 18.0. The first-order valence-electron chi connectivity index (χ1n) is 9.87. The third kappa shape index (κ3) is 5.27. The highest BCUT2D eigenvalue weighted by Crippen LogP contribution is 2.38. The molecule has 0 spiro atoms. The van der Waals surface area contributed by atoms with Crippen molar-refractivity contribution in [3.05, 3.63) is 22.2 Å². The Kier molecular flexibility index (Phi) is 7.12. The monoisotopic (exact) mass is 420 g/mol. The summed E-state index contributed by atoms with van der Waals surface area (Å²) in [5.41, 5.74) is 0.408. The molecule has 9 nitrogen and oxygen atoms in total. The molecule has 2 unspecified atom stereocenters. The maximum absolute atomic E-state index is 12.6. The number of ether oxygens (including phenoxy) is 1. The minimum absolute atomic E-state index is 0.00459. The standard InChI is InChI=1S/C19H27N5O4P/c1-13-11-24(19(25)22-18(13)21-16-6-4-8-23(16)3)17-10-15(14(2)28-17)12-29(26)27-9-5-7-20/h11,14-15,17H,4-6,8-10,12H2,1-3H3/q+1/t14-,15-,17?/m1/s1. The second-order valence-corrected chi connectivity index (χ2v) is 8.83. The fraction of sp³-hybridized carbons (Fsp3) is 0.684. The highest BCUT2D eigenvalue weighted by molar-refractivity contribution is 7.39. The average Bonchev–Trinajstić information content (AvgIpc) is 3.24. The fourth-order valence-corrected chi connectivity index (χ4v) is 4.87. The van der Waals surface area contributed by atoms with Gasteiger partial charge in [0.15, 0.2) is 12.0 Å². The van der Waals surface area contributed by atoms with Crippen LogP contribution >= 0.6 is 8.03 Å². The van der Waals surface area contributed by atoms with Crippen LogP contribution in [0.25, 0.3) is 0 Å². The van der Waals surface area contributed by atoms with Crippen LogP contribution in [-0.2, 0) is 13.8 Å². The van der Waals surface area contributed by atoms with Crippen LogP contribution in [0.1, 0.15) is 44.4 Å². The van der Waals surface area contributed by atoms with E-state index in [1.807, 2.05) is 27.0 Å². The number of likely N-dealkylation sites (tertiary alicyclic amines) is 1. The molecule has 156 valence electrons. The summed E-state index contributed by atoms with van der Waals surface area (Å²) < 4.78 is 24.7. The van der Waals surface area contributed by atoms with Crippen molar-refractivity contribution in [2.24, 2.45) is 10.9 Å². The number of hydrogen-bond acceptors (Lipinski definition) is 7. The van der Waals surface area contributed by atoms with E-state index in [0.29, 0.717) is 18.4 Å². The van der Waals surface area contributed by atoms with Gasteiger partial charge in [-0.2, -0.15) is 10.2 Å². The molecule has 0 bridgehead atoms. The Labute approximate surface area is 171 Å². The topological polar surface area (TPSA) is 110 Å². The Balaban J connectivity index is 1.69. The van der Waals surface area contributed by atoms with Gasteiger partial charge in [0.05, 0.1) is 18.6 Å². The van der Waals surface area contributed by atoms with E-state index >= 15 is 0 Å². The van der Waals surface area contributed by atoms with E-state index in [4.69, 9.17) is 14.5 Å². The van der Waals surface area contributed by atoms with Gasteiger partial charge in [0.2, 0.25) is 0 Å². The smallest absolute Gasteiger partial charge is 0.363 e. The number of amidine groups is 1. The molecule has 29 heavy (non-hydrogen) atoms. The molecule has 0 radical (unpaired) electrons. The first-order valence-corrected chi connectivity index (χ1v) is 11.2. The molecule has 0 saturated carbocycles. The lowest BCUT2D eigenvalue weighted by molar-refractivity contribution is 0.00315. The maximum atomic E-state index is 12.6. The van der Waals surface area contributed by atoms with Crippen molar-refractivity contribution in [1.82, 2.24) is 14.5 Å². The molecule has 0 amide bonds. The van der Waals surface area contributed by atoms with Crippen molar-refractivity contribution in [3.63, 3.8) is 0 Å². The average molecular weight is 420 g/mol. The number of aromatic nitrogens is 2. The summed E-state index contributed by atoms with van der Waals surface area (Å²) in [5.74, 6) is 1.40. The van der Waals surface area contributed by atoms with E-state index in [1.165, 1.54) is 4.57 Å². The van der Waals surface area contributed by atoms with Gasteiger partial charge in [-0.15, -0.1) is 4.52 Å². The van der Waals surface area contributed by atoms with Gasteiger partial charge in [0.1, 0.15) is 18.7 Å². The minimum Gasteiger partial charge on any atom is -0.363 e. The Bertz CT molecular complexity index is 894. The van der Waals surface area contributed by atoms with E-state index in [9.17, 15) is 9.36 Å². The molecule has 2 aliphatic rings. The predicted molar refractivity (Wildman–Crippen MR) is 109 cm³/mol. The Morgan fingerprint density at radius 1 is 1.52 bits per heavy atom. The molecule has 0 N–H and O–H groups in total. The molecule has 1 aromatic rings. The van der Waals surface area contributed by atoms with Crippen LogP contribution < -0.4 is 5.69 Å². The summed E-state index contributed by atoms with van der Waals surface area (Å²) >= 11 is 0. The summed E-state index contributed by atoms with van der Waals surface area (Å²) in [7, 11) is 0.135. The van der Waals surface area contributed by atoms with Crippen molar-refractivity contribution in [1.29, 1.82) is 5.26 Å². The normalized spacial score (nSPS) is 26.1. The molecule has 0 aromatic carbocycles. The number of nitrogens with zero attached hydrogens (tertiary/aromatic N) is 5. The van der Waals surface area contributed by atoms with E-state index < -0.39 is 19.9 Å². The van der Waals surface area contributed by atoms with Crippen LogP contribution in [0.3, 0.4) is 0 Å². The molecule has 2 saturated heterocycles. The van der Waals surface area contributed by atoms with Gasteiger partial charge in [0, 0.05) is 44.1 Å². The number of rotatable bonds is 7. The molecule has 3 heterocycles. The zero-order valence-electron chi connectivity index (χ0n) is 17.1. The second-order valence-electron chi connectivity index (χ2n) is 7.54. The van der Waals surface area contributed by atoms with E-state index in [1.54, 1.807) is 6.20 Å². The molecule has 10 heteroatoms. The summed E-state index contributed by atoms with van der Waals surface area (Å²) in [4.78, 5) is 23.5. The lowest BCUT2D eigenvalue weighted by atomic mass is 10.0. The second kappa shape index (κ2) is 9.57. The fourth-order valence-electron chi connectivity index (χ4n) is 3.64. The van der Waals surface area contributed by atoms with Gasteiger partial charge in [-0.3, -0.25) is 4.57 Å².